The molecule has 0 bridgehead atoms. The van der Waals surface area contributed by atoms with Crippen LogP contribution in [0.25, 0.3) is 11.4 Å². The average molecular weight is 356 g/mol. The first kappa shape index (κ1) is 16.4. The third-order valence-corrected chi connectivity index (χ3v) is 5.88. The maximum atomic E-state index is 4.67. The van der Waals surface area contributed by atoms with Crippen LogP contribution < -0.4 is 15.7 Å². The number of hydrogen-bond acceptors (Lipinski definition) is 4. The molecule has 0 spiro atoms. The van der Waals surface area contributed by atoms with Crippen molar-refractivity contribution in [3.63, 3.8) is 0 Å². The molecule has 0 atom stereocenters. The second-order valence-electron chi connectivity index (χ2n) is 5.60. The number of rotatable bonds is 5. The molecule has 4 rings (SSSR count). The maximum absolute atomic E-state index is 4.67. The zero-order valence-electron chi connectivity index (χ0n) is 14.0. The summed E-state index contributed by atoms with van der Waals surface area (Å²) in [5.41, 5.74) is 1.64. The third-order valence-electron chi connectivity index (χ3n) is 3.82. The van der Waals surface area contributed by atoms with Crippen molar-refractivity contribution in [1.29, 1.82) is 0 Å². The fourth-order valence-corrected chi connectivity index (χ4v) is 4.41. The van der Waals surface area contributed by atoms with E-state index in [0.29, 0.717) is 5.95 Å². The van der Waals surface area contributed by atoms with Gasteiger partial charge in [0.2, 0.25) is 5.95 Å². The number of anilines is 1. The molecule has 1 N–H and O–H groups in total. The Kier molecular flexibility index (Phi) is 4.95. The van der Waals surface area contributed by atoms with Gasteiger partial charge < -0.3 is 5.09 Å². The molecule has 0 fully saturated rings. The summed E-state index contributed by atoms with van der Waals surface area (Å²) in [5, 5.41) is 5.98. The summed E-state index contributed by atoms with van der Waals surface area (Å²) < 4.78 is 0. The van der Waals surface area contributed by atoms with Crippen LogP contribution in [0.4, 0.5) is 5.95 Å². The lowest BCUT2D eigenvalue weighted by atomic mass is 10.3. The second-order valence-corrected chi connectivity index (χ2v) is 7.53. The first-order valence-corrected chi connectivity index (χ1v) is 9.66. The molecule has 4 nitrogen and oxygen atoms in total. The highest BCUT2D eigenvalue weighted by Gasteiger charge is 2.15. The number of nitrogens with one attached hydrogen (secondary N) is 1. The minimum absolute atomic E-state index is 0.604. The van der Waals surface area contributed by atoms with Crippen molar-refractivity contribution >= 4 is 24.6 Å². The molecule has 0 aliphatic carbocycles. The Morgan fingerprint density at radius 3 is 1.85 bits per heavy atom. The van der Waals surface area contributed by atoms with Crippen molar-refractivity contribution in [2.75, 3.05) is 5.09 Å². The highest BCUT2D eigenvalue weighted by molar-refractivity contribution is 7.74. The number of pyridine rings is 1. The van der Waals surface area contributed by atoms with E-state index in [1.54, 1.807) is 12.4 Å². The van der Waals surface area contributed by atoms with Crippen LogP contribution in [0.3, 0.4) is 0 Å². The molecular weight excluding hydrogens is 339 g/mol. The zero-order chi connectivity index (χ0) is 17.6. The van der Waals surface area contributed by atoms with Gasteiger partial charge in [0.05, 0.1) is 19.5 Å². The predicted octanol–water partition coefficient (Wildman–Crippen LogP) is 4.00. The molecule has 0 saturated heterocycles. The molecule has 126 valence electrons. The Morgan fingerprint density at radius 1 is 0.577 bits per heavy atom. The molecule has 0 aliphatic heterocycles. The molecule has 0 amide bonds. The molecule has 2 aromatic carbocycles. The molecule has 0 radical (unpaired) electrons. The Morgan fingerprint density at radius 2 is 1.23 bits per heavy atom. The van der Waals surface area contributed by atoms with Crippen LogP contribution >= 0.6 is 8.07 Å². The van der Waals surface area contributed by atoms with E-state index in [2.05, 4.69) is 68.6 Å². The SMILES string of the molecule is c1ccc(P(Nc2nccc(-c3ccccn3)n2)c2ccccc2)cc1. The fraction of sp³-hybridized carbons (Fsp3) is 0. The van der Waals surface area contributed by atoms with Crippen molar-refractivity contribution < 1.29 is 0 Å². The third kappa shape index (κ3) is 3.76. The molecule has 5 heteroatoms. The van der Waals surface area contributed by atoms with E-state index in [4.69, 9.17) is 0 Å². The first-order valence-electron chi connectivity index (χ1n) is 8.31. The van der Waals surface area contributed by atoms with Gasteiger partial charge in [0.15, 0.2) is 0 Å². The number of hydrogen-bond donors (Lipinski definition) is 1. The highest BCUT2D eigenvalue weighted by Crippen LogP contribution is 2.33. The first-order chi connectivity index (χ1) is 12.9. The monoisotopic (exact) mass is 356 g/mol. The summed E-state index contributed by atoms with van der Waals surface area (Å²) in [7, 11) is -0.804. The van der Waals surface area contributed by atoms with Crippen LogP contribution in [-0.2, 0) is 0 Å². The standard InChI is InChI=1S/C21H17N4P/c1-3-9-17(10-4-1)26(18-11-5-2-6-12-18)25-21-23-16-14-20(24-21)19-13-7-8-15-22-19/h1-16H,(H,23,24,25). The van der Waals surface area contributed by atoms with E-state index in [1.807, 2.05) is 36.4 Å². The summed E-state index contributed by atoms with van der Waals surface area (Å²) in [6.07, 6.45) is 3.54. The maximum Gasteiger partial charge on any atom is 0.227 e. The summed E-state index contributed by atoms with van der Waals surface area (Å²) in [6.45, 7) is 0. The van der Waals surface area contributed by atoms with Crippen molar-refractivity contribution in [3.8, 4) is 11.4 Å². The van der Waals surface area contributed by atoms with E-state index in [9.17, 15) is 0 Å². The van der Waals surface area contributed by atoms with Gasteiger partial charge in [-0.25, -0.2) is 9.97 Å². The summed E-state index contributed by atoms with van der Waals surface area (Å²) >= 11 is 0. The van der Waals surface area contributed by atoms with Crippen LogP contribution in [0, 0.1) is 0 Å². The van der Waals surface area contributed by atoms with Crippen molar-refractivity contribution in [1.82, 2.24) is 15.0 Å². The highest BCUT2D eigenvalue weighted by atomic mass is 31.1. The molecule has 2 aromatic heterocycles. The molecule has 26 heavy (non-hydrogen) atoms. The average Bonchev–Trinajstić information content (AvgIpc) is 2.74. The zero-order valence-corrected chi connectivity index (χ0v) is 14.9. The number of aromatic nitrogens is 3. The Labute approximate surface area is 153 Å². The quantitative estimate of drug-likeness (QED) is 0.549. The van der Waals surface area contributed by atoms with Crippen LogP contribution in [-0.4, -0.2) is 15.0 Å². The van der Waals surface area contributed by atoms with Crippen LogP contribution in [0.2, 0.25) is 0 Å². The lowest BCUT2D eigenvalue weighted by Crippen LogP contribution is -2.18. The minimum atomic E-state index is -0.804. The normalized spacial score (nSPS) is 10.7. The van der Waals surface area contributed by atoms with Gasteiger partial charge >= 0.3 is 0 Å². The Balaban J connectivity index is 1.69. The number of benzene rings is 2. The molecule has 0 aliphatic rings. The lowest BCUT2D eigenvalue weighted by Gasteiger charge is -2.19. The summed E-state index contributed by atoms with van der Waals surface area (Å²) in [4.78, 5) is 13.5. The van der Waals surface area contributed by atoms with Crippen molar-refractivity contribution in [2.45, 2.75) is 0 Å². The predicted molar refractivity (Wildman–Crippen MR) is 108 cm³/mol. The van der Waals surface area contributed by atoms with Gasteiger partial charge in [-0.15, -0.1) is 0 Å². The molecular formula is C21H17N4P. The van der Waals surface area contributed by atoms with Gasteiger partial charge in [0.25, 0.3) is 0 Å². The molecule has 4 aromatic rings. The van der Waals surface area contributed by atoms with Gasteiger partial charge in [-0.2, -0.15) is 0 Å². The molecule has 0 unspecified atom stereocenters. The minimum Gasteiger partial charge on any atom is -0.325 e. The van der Waals surface area contributed by atoms with E-state index in [1.165, 1.54) is 10.6 Å². The van der Waals surface area contributed by atoms with E-state index < -0.39 is 8.07 Å². The fourth-order valence-electron chi connectivity index (χ4n) is 2.60. The van der Waals surface area contributed by atoms with E-state index in [0.717, 1.165) is 11.4 Å². The summed E-state index contributed by atoms with van der Waals surface area (Å²) in [5.74, 6) is 0.604. The van der Waals surface area contributed by atoms with Crippen LogP contribution in [0.1, 0.15) is 0 Å². The Bertz CT molecular complexity index is 923. The lowest BCUT2D eigenvalue weighted by molar-refractivity contribution is 1.17. The Hall–Kier alpha value is -3.10. The topological polar surface area (TPSA) is 50.7 Å². The number of nitrogens with zero attached hydrogens (tertiary/aromatic N) is 3. The largest absolute Gasteiger partial charge is 0.325 e. The van der Waals surface area contributed by atoms with Crippen molar-refractivity contribution in [3.05, 3.63) is 97.3 Å². The smallest absolute Gasteiger partial charge is 0.227 e. The van der Waals surface area contributed by atoms with Crippen LogP contribution in [0.5, 0.6) is 0 Å². The second kappa shape index (κ2) is 7.85. The molecule has 2 heterocycles. The summed E-state index contributed by atoms with van der Waals surface area (Å²) in [6, 6.07) is 28.5. The van der Waals surface area contributed by atoms with Gasteiger partial charge in [0.1, 0.15) is 0 Å². The van der Waals surface area contributed by atoms with Crippen molar-refractivity contribution in [2.24, 2.45) is 0 Å². The molecule has 0 saturated carbocycles. The van der Waals surface area contributed by atoms with Gasteiger partial charge in [-0.3, -0.25) is 4.98 Å². The van der Waals surface area contributed by atoms with Crippen LogP contribution in [0.15, 0.2) is 97.3 Å². The van der Waals surface area contributed by atoms with E-state index in [-0.39, 0.29) is 0 Å². The van der Waals surface area contributed by atoms with Gasteiger partial charge in [-0.1, -0.05) is 66.7 Å². The van der Waals surface area contributed by atoms with Gasteiger partial charge in [0, 0.05) is 23.0 Å². The van der Waals surface area contributed by atoms with Gasteiger partial charge in [-0.05, 0) is 18.2 Å². The van der Waals surface area contributed by atoms with E-state index >= 15 is 0 Å².